The Morgan fingerprint density at radius 1 is 1.27 bits per heavy atom. The van der Waals surface area contributed by atoms with Crippen LogP contribution in [0.1, 0.15) is 17.5 Å². The zero-order valence-electron chi connectivity index (χ0n) is 8.35. The van der Waals surface area contributed by atoms with Crippen LogP contribution in [0.2, 0.25) is 0 Å². The summed E-state index contributed by atoms with van der Waals surface area (Å²) >= 11 is 0. The fourth-order valence-electron chi connectivity index (χ4n) is 2.44. The Kier molecular flexibility index (Phi) is 2.81. The molecule has 0 saturated heterocycles. The molecule has 0 bridgehead atoms. The predicted molar refractivity (Wildman–Crippen MR) is 61.8 cm³/mol. The van der Waals surface area contributed by atoms with E-state index in [1.54, 1.807) is 12.1 Å². The molecule has 0 fully saturated rings. The molecule has 0 spiro atoms. The van der Waals surface area contributed by atoms with Crippen molar-refractivity contribution in [2.24, 2.45) is 0 Å². The fourth-order valence-corrected chi connectivity index (χ4v) is 2.44. The smallest absolute Gasteiger partial charge is 0.123 e. The summed E-state index contributed by atoms with van der Waals surface area (Å²) in [6.07, 6.45) is 2.08. The number of nitrogens with one attached hydrogen (secondary N) is 1. The van der Waals surface area contributed by atoms with E-state index in [1.807, 2.05) is 6.07 Å². The summed E-state index contributed by atoms with van der Waals surface area (Å²) in [7, 11) is 0. The normalized spacial score (nSPS) is 18.2. The van der Waals surface area contributed by atoms with Gasteiger partial charge in [-0.25, -0.2) is 4.39 Å². The Morgan fingerprint density at radius 2 is 2.13 bits per heavy atom. The summed E-state index contributed by atoms with van der Waals surface area (Å²) in [4.78, 5) is 0. The van der Waals surface area contributed by atoms with Crippen LogP contribution in [0.15, 0.2) is 23.8 Å². The monoisotopic (exact) mass is 225 g/mol. The number of benzene rings is 1. The van der Waals surface area contributed by atoms with Gasteiger partial charge in [-0.2, -0.15) is 0 Å². The summed E-state index contributed by atoms with van der Waals surface area (Å²) in [5.74, 6) is -0.114. The van der Waals surface area contributed by atoms with E-state index < -0.39 is 0 Å². The van der Waals surface area contributed by atoms with Crippen LogP contribution in [0.5, 0.6) is 0 Å². The molecule has 1 aliphatic carbocycles. The van der Waals surface area contributed by atoms with Crippen molar-refractivity contribution < 1.29 is 4.39 Å². The number of halogens is 2. The van der Waals surface area contributed by atoms with Gasteiger partial charge in [0.2, 0.25) is 0 Å². The molecule has 2 aliphatic rings. The number of hydrogen-bond donors (Lipinski definition) is 1. The van der Waals surface area contributed by atoms with Crippen molar-refractivity contribution in [1.29, 1.82) is 0 Å². The van der Waals surface area contributed by atoms with Crippen LogP contribution in [0.4, 0.5) is 4.39 Å². The van der Waals surface area contributed by atoms with Crippen LogP contribution in [0.25, 0.3) is 5.57 Å². The van der Waals surface area contributed by atoms with Crippen LogP contribution < -0.4 is 5.32 Å². The van der Waals surface area contributed by atoms with Crippen LogP contribution >= 0.6 is 12.4 Å². The molecule has 1 aromatic carbocycles. The third kappa shape index (κ3) is 1.68. The average Bonchev–Trinajstić information content (AvgIpc) is 2.54. The first-order valence-corrected chi connectivity index (χ1v) is 5.05. The SMILES string of the molecule is Cl.Fc1ccc2c(c1)CC1=C2CNCC1. The third-order valence-corrected chi connectivity index (χ3v) is 3.13. The van der Waals surface area contributed by atoms with E-state index in [4.69, 9.17) is 0 Å². The minimum Gasteiger partial charge on any atom is -0.312 e. The summed E-state index contributed by atoms with van der Waals surface area (Å²) in [6.45, 7) is 2.02. The quantitative estimate of drug-likeness (QED) is 0.716. The van der Waals surface area contributed by atoms with Crippen molar-refractivity contribution in [3.8, 4) is 0 Å². The number of fused-ring (bicyclic) bond motifs is 2. The molecule has 0 atom stereocenters. The average molecular weight is 226 g/mol. The third-order valence-electron chi connectivity index (χ3n) is 3.13. The van der Waals surface area contributed by atoms with Gasteiger partial charge in [-0.15, -0.1) is 12.4 Å². The molecule has 15 heavy (non-hydrogen) atoms. The minimum atomic E-state index is -0.114. The first kappa shape index (κ1) is 10.7. The molecule has 3 rings (SSSR count). The highest BCUT2D eigenvalue weighted by Crippen LogP contribution is 2.35. The van der Waals surface area contributed by atoms with E-state index in [1.165, 1.54) is 22.3 Å². The Labute approximate surface area is 94.8 Å². The van der Waals surface area contributed by atoms with Crippen molar-refractivity contribution in [3.05, 3.63) is 40.7 Å². The number of hydrogen-bond acceptors (Lipinski definition) is 1. The van der Waals surface area contributed by atoms with Crippen LogP contribution in [-0.4, -0.2) is 13.1 Å². The van der Waals surface area contributed by atoms with Crippen molar-refractivity contribution in [3.63, 3.8) is 0 Å². The lowest BCUT2D eigenvalue weighted by molar-refractivity contribution is 0.626. The molecule has 0 unspecified atom stereocenters. The van der Waals surface area contributed by atoms with Gasteiger partial charge in [-0.1, -0.05) is 11.6 Å². The van der Waals surface area contributed by atoms with Crippen molar-refractivity contribution >= 4 is 18.0 Å². The van der Waals surface area contributed by atoms with Gasteiger partial charge in [0.15, 0.2) is 0 Å². The molecule has 1 N–H and O–H groups in total. The Morgan fingerprint density at radius 3 is 3.00 bits per heavy atom. The van der Waals surface area contributed by atoms with E-state index >= 15 is 0 Å². The second-order valence-electron chi connectivity index (χ2n) is 3.99. The predicted octanol–water partition coefficient (Wildman–Crippen LogP) is 2.55. The van der Waals surface area contributed by atoms with Gasteiger partial charge >= 0.3 is 0 Å². The Balaban J connectivity index is 0.000000853. The molecule has 80 valence electrons. The molecular formula is C12H13ClFN. The standard InChI is InChI=1S/C12H12FN.ClH/c13-10-1-2-11-9(6-10)5-8-3-4-14-7-12(8)11;/h1-2,6,14H,3-5,7H2;1H. The molecule has 1 aromatic rings. The zero-order chi connectivity index (χ0) is 9.54. The topological polar surface area (TPSA) is 12.0 Å². The van der Waals surface area contributed by atoms with Crippen molar-refractivity contribution in [2.75, 3.05) is 13.1 Å². The Hall–Kier alpha value is -0.860. The van der Waals surface area contributed by atoms with Gasteiger partial charge in [0, 0.05) is 6.54 Å². The van der Waals surface area contributed by atoms with Crippen LogP contribution in [-0.2, 0) is 6.42 Å². The highest BCUT2D eigenvalue weighted by Gasteiger charge is 2.23. The number of rotatable bonds is 0. The van der Waals surface area contributed by atoms with E-state index in [9.17, 15) is 4.39 Å². The maximum atomic E-state index is 13.0. The van der Waals surface area contributed by atoms with Gasteiger partial charge in [0.25, 0.3) is 0 Å². The van der Waals surface area contributed by atoms with Crippen molar-refractivity contribution in [2.45, 2.75) is 12.8 Å². The molecule has 0 amide bonds. The molecule has 0 aromatic heterocycles. The molecule has 1 aliphatic heterocycles. The minimum absolute atomic E-state index is 0. The van der Waals surface area contributed by atoms with Crippen molar-refractivity contribution in [1.82, 2.24) is 5.32 Å². The second kappa shape index (κ2) is 3.95. The fraction of sp³-hybridized carbons (Fsp3) is 0.333. The van der Waals surface area contributed by atoms with Gasteiger partial charge in [-0.3, -0.25) is 0 Å². The lowest BCUT2D eigenvalue weighted by Gasteiger charge is -2.15. The molecule has 0 saturated carbocycles. The summed E-state index contributed by atoms with van der Waals surface area (Å²) in [5.41, 5.74) is 5.34. The Bertz CT molecular complexity index is 426. The maximum absolute atomic E-state index is 13.0. The highest BCUT2D eigenvalue weighted by molar-refractivity contribution is 5.85. The maximum Gasteiger partial charge on any atom is 0.123 e. The van der Waals surface area contributed by atoms with Gasteiger partial charge < -0.3 is 5.32 Å². The van der Waals surface area contributed by atoms with Gasteiger partial charge in [0.1, 0.15) is 5.82 Å². The van der Waals surface area contributed by atoms with Gasteiger partial charge in [0.05, 0.1) is 0 Å². The lowest BCUT2D eigenvalue weighted by Crippen LogP contribution is -2.22. The highest BCUT2D eigenvalue weighted by atomic mass is 35.5. The molecule has 1 nitrogen and oxygen atoms in total. The van der Waals surface area contributed by atoms with Gasteiger partial charge in [-0.05, 0) is 48.2 Å². The zero-order valence-corrected chi connectivity index (χ0v) is 9.16. The molecule has 1 heterocycles. The lowest BCUT2D eigenvalue weighted by atomic mass is 10.0. The first-order chi connectivity index (χ1) is 6.84. The van der Waals surface area contributed by atoms with Crippen LogP contribution in [0.3, 0.4) is 0 Å². The molecule has 0 radical (unpaired) electrons. The summed E-state index contributed by atoms with van der Waals surface area (Å²) in [6, 6.07) is 5.15. The summed E-state index contributed by atoms with van der Waals surface area (Å²) < 4.78 is 13.0. The summed E-state index contributed by atoms with van der Waals surface area (Å²) in [5, 5.41) is 3.36. The molecular weight excluding hydrogens is 213 g/mol. The van der Waals surface area contributed by atoms with Crippen LogP contribution in [0, 0.1) is 5.82 Å². The van der Waals surface area contributed by atoms with E-state index in [-0.39, 0.29) is 18.2 Å². The largest absolute Gasteiger partial charge is 0.312 e. The van der Waals surface area contributed by atoms with E-state index in [0.29, 0.717) is 0 Å². The van der Waals surface area contributed by atoms with E-state index in [0.717, 1.165) is 25.9 Å². The second-order valence-corrected chi connectivity index (χ2v) is 3.99. The molecule has 3 heteroatoms. The van der Waals surface area contributed by atoms with E-state index in [2.05, 4.69) is 5.32 Å². The first-order valence-electron chi connectivity index (χ1n) is 5.05.